The van der Waals surface area contributed by atoms with E-state index >= 15 is 0 Å². The number of aryl methyl sites for hydroxylation is 1. The molecule has 0 spiro atoms. The molecule has 0 radical (unpaired) electrons. The van der Waals surface area contributed by atoms with Crippen LogP contribution in [0.15, 0.2) is 77.8 Å². The molecular formula is C30H33N3O2. The van der Waals surface area contributed by atoms with Crippen LogP contribution in [0.25, 0.3) is 5.70 Å². The number of allylic oxidation sites excluding steroid dienone is 1. The molecule has 5 rings (SSSR count). The van der Waals surface area contributed by atoms with Crippen LogP contribution in [0.2, 0.25) is 0 Å². The van der Waals surface area contributed by atoms with E-state index in [1.54, 1.807) is 0 Å². The Morgan fingerprint density at radius 3 is 1.94 bits per heavy atom. The zero-order valence-corrected chi connectivity index (χ0v) is 20.3. The zero-order valence-electron chi connectivity index (χ0n) is 20.3. The van der Waals surface area contributed by atoms with Crippen LogP contribution in [-0.4, -0.2) is 25.5 Å². The summed E-state index contributed by atoms with van der Waals surface area (Å²) in [6.45, 7) is 6.07. The number of hydrogen-bond acceptors (Lipinski definition) is 5. The minimum absolute atomic E-state index is 0.518. The number of nitrogens with one attached hydrogen (secondary N) is 2. The van der Waals surface area contributed by atoms with E-state index in [1.807, 2.05) is 24.3 Å². The SMILES string of the molecule is Cc1cc(COc2ccc(C3=CCCCN3)cc2)cc(COc2ccc(C3=NCCCN3)cc2)c1. The highest BCUT2D eigenvalue weighted by Gasteiger charge is 2.08. The second-order valence-corrected chi connectivity index (χ2v) is 9.15. The third kappa shape index (κ3) is 6.24. The van der Waals surface area contributed by atoms with Crippen LogP contribution in [0, 0.1) is 6.92 Å². The zero-order chi connectivity index (χ0) is 23.9. The fourth-order valence-corrected chi connectivity index (χ4v) is 4.48. The quantitative estimate of drug-likeness (QED) is 0.452. The first-order valence-electron chi connectivity index (χ1n) is 12.5. The maximum absolute atomic E-state index is 6.08. The van der Waals surface area contributed by atoms with E-state index in [9.17, 15) is 0 Å². The van der Waals surface area contributed by atoms with Crippen LogP contribution in [-0.2, 0) is 13.2 Å². The Balaban J connectivity index is 1.16. The van der Waals surface area contributed by atoms with E-state index in [0.29, 0.717) is 13.2 Å². The number of ether oxygens (including phenoxy) is 2. The predicted octanol–water partition coefficient (Wildman–Crippen LogP) is 5.62. The maximum Gasteiger partial charge on any atom is 0.128 e. The highest BCUT2D eigenvalue weighted by Crippen LogP contribution is 2.22. The minimum atomic E-state index is 0.518. The van der Waals surface area contributed by atoms with Crippen molar-refractivity contribution >= 4 is 11.5 Å². The molecule has 0 aliphatic carbocycles. The molecule has 0 saturated heterocycles. The molecule has 2 aliphatic rings. The normalized spacial score (nSPS) is 15.3. The van der Waals surface area contributed by atoms with Gasteiger partial charge in [-0.05, 0) is 97.5 Å². The van der Waals surface area contributed by atoms with Gasteiger partial charge in [0.1, 0.15) is 30.5 Å². The van der Waals surface area contributed by atoms with Crippen LogP contribution in [0.4, 0.5) is 0 Å². The van der Waals surface area contributed by atoms with Gasteiger partial charge in [0, 0.05) is 30.9 Å². The molecule has 0 atom stereocenters. The van der Waals surface area contributed by atoms with E-state index in [1.165, 1.54) is 23.2 Å². The van der Waals surface area contributed by atoms with Gasteiger partial charge in [0.25, 0.3) is 0 Å². The second kappa shape index (κ2) is 11.1. The first-order valence-corrected chi connectivity index (χ1v) is 12.5. The van der Waals surface area contributed by atoms with Gasteiger partial charge in [-0.15, -0.1) is 0 Å². The molecule has 2 aliphatic heterocycles. The lowest BCUT2D eigenvalue weighted by Crippen LogP contribution is -2.30. The second-order valence-electron chi connectivity index (χ2n) is 9.15. The van der Waals surface area contributed by atoms with Crippen LogP contribution in [0.1, 0.15) is 47.1 Å². The van der Waals surface area contributed by atoms with Crippen LogP contribution in [0.5, 0.6) is 11.5 Å². The molecule has 2 N–H and O–H groups in total. The van der Waals surface area contributed by atoms with Crippen molar-refractivity contribution in [2.24, 2.45) is 4.99 Å². The molecule has 180 valence electrons. The Bertz CT molecular complexity index is 1110. The summed E-state index contributed by atoms with van der Waals surface area (Å²) in [5.74, 6) is 2.71. The Morgan fingerprint density at radius 2 is 1.37 bits per heavy atom. The van der Waals surface area contributed by atoms with Gasteiger partial charge in [0.15, 0.2) is 0 Å². The highest BCUT2D eigenvalue weighted by molar-refractivity contribution is 5.99. The van der Waals surface area contributed by atoms with Gasteiger partial charge in [-0.25, -0.2) is 0 Å². The monoisotopic (exact) mass is 467 g/mol. The number of hydrogen-bond donors (Lipinski definition) is 2. The molecule has 35 heavy (non-hydrogen) atoms. The summed E-state index contributed by atoms with van der Waals surface area (Å²) in [6, 6.07) is 23.0. The Kier molecular flexibility index (Phi) is 7.32. The van der Waals surface area contributed by atoms with E-state index < -0.39 is 0 Å². The van der Waals surface area contributed by atoms with Crippen molar-refractivity contribution < 1.29 is 9.47 Å². The summed E-state index contributed by atoms with van der Waals surface area (Å²) in [6.07, 6.45) is 5.70. The van der Waals surface area contributed by atoms with Crippen molar-refractivity contribution in [1.82, 2.24) is 10.6 Å². The van der Waals surface area contributed by atoms with Gasteiger partial charge < -0.3 is 20.1 Å². The largest absolute Gasteiger partial charge is 0.489 e. The fraction of sp³-hybridized carbons (Fsp3) is 0.300. The van der Waals surface area contributed by atoms with Crippen molar-refractivity contribution in [3.8, 4) is 11.5 Å². The molecule has 0 aromatic heterocycles. The third-order valence-corrected chi connectivity index (χ3v) is 6.24. The topological polar surface area (TPSA) is 54.9 Å². The van der Waals surface area contributed by atoms with Crippen molar-refractivity contribution in [3.63, 3.8) is 0 Å². The van der Waals surface area contributed by atoms with E-state index in [2.05, 4.69) is 71.1 Å². The van der Waals surface area contributed by atoms with Crippen molar-refractivity contribution in [2.75, 3.05) is 19.6 Å². The average Bonchev–Trinajstić information content (AvgIpc) is 2.92. The predicted molar refractivity (Wildman–Crippen MR) is 142 cm³/mol. The van der Waals surface area contributed by atoms with Gasteiger partial charge in [-0.2, -0.15) is 0 Å². The molecule has 0 unspecified atom stereocenters. The van der Waals surface area contributed by atoms with Crippen LogP contribution < -0.4 is 20.1 Å². The Labute approximate surface area is 207 Å². The van der Waals surface area contributed by atoms with E-state index in [0.717, 1.165) is 66.5 Å². The van der Waals surface area contributed by atoms with Gasteiger partial charge in [0.05, 0.1) is 0 Å². The Hall–Kier alpha value is -3.73. The lowest BCUT2D eigenvalue weighted by atomic mass is 10.1. The van der Waals surface area contributed by atoms with Gasteiger partial charge in [0.2, 0.25) is 0 Å². The van der Waals surface area contributed by atoms with E-state index in [4.69, 9.17) is 9.47 Å². The standard InChI is InChI=1S/C30H33N3O2/c1-22-17-23(20-34-27-10-6-25(7-11-27)29-5-2-3-14-31-29)19-24(18-22)21-35-28-12-8-26(9-13-28)30-32-15-4-16-33-30/h5-13,17-19,31H,2-4,14-16,20-21H2,1H3,(H,32,33). The van der Waals surface area contributed by atoms with Gasteiger partial charge in [-0.1, -0.05) is 23.8 Å². The number of benzene rings is 3. The first kappa shape index (κ1) is 23.0. The number of aliphatic imine (C=N–C) groups is 1. The molecule has 0 bridgehead atoms. The molecular weight excluding hydrogens is 434 g/mol. The van der Waals surface area contributed by atoms with E-state index in [-0.39, 0.29) is 0 Å². The lowest BCUT2D eigenvalue weighted by molar-refractivity contribution is 0.299. The number of rotatable bonds is 8. The molecule has 3 aromatic carbocycles. The van der Waals surface area contributed by atoms with Crippen LogP contribution in [0.3, 0.4) is 0 Å². The molecule has 2 heterocycles. The van der Waals surface area contributed by atoms with Gasteiger partial charge >= 0.3 is 0 Å². The summed E-state index contributed by atoms with van der Waals surface area (Å²) in [7, 11) is 0. The number of nitrogens with zero attached hydrogens (tertiary/aromatic N) is 1. The molecule has 3 aromatic rings. The molecule has 0 amide bonds. The highest BCUT2D eigenvalue weighted by atomic mass is 16.5. The van der Waals surface area contributed by atoms with Crippen molar-refractivity contribution in [3.05, 3.63) is 101 Å². The maximum atomic E-state index is 6.08. The van der Waals surface area contributed by atoms with Crippen LogP contribution >= 0.6 is 0 Å². The lowest BCUT2D eigenvalue weighted by Gasteiger charge is -2.16. The minimum Gasteiger partial charge on any atom is -0.489 e. The fourth-order valence-electron chi connectivity index (χ4n) is 4.48. The molecule has 0 fully saturated rings. The molecule has 0 saturated carbocycles. The summed E-state index contributed by atoms with van der Waals surface area (Å²) < 4.78 is 12.1. The molecule has 5 heteroatoms. The summed E-state index contributed by atoms with van der Waals surface area (Å²) >= 11 is 0. The number of amidine groups is 1. The Morgan fingerprint density at radius 1 is 0.743 bits per heavy atom. The van der Waals surface area contributed by atoms with Crippen molar-refractivity contribution in [1.29, 1.82) is 0 Å². The summed E-state index contributed by atoms with van der Waals surface area (Å²) in [5.41, 5.74) is 7.01. The molecule has 5 nitrogen and oxygen atoms in total. The first-order chi connectivity index (χ1) is 17.2. The van der Waals surface area contributed by atoms with Gasteiger partial charge in [-0.3, -0.25) is 4.99 Å². The smallest absolute Gasteiger partial charge is 0.128 e. The third-order valence-electron chi connectivity index (χ3n) is 6.24. The summed E-state index contributed by atoms with van der Waals surface area (Å²) in [5, 5.41) is 6.83. The average molecular weight is 468 g/mol. The van der Waals surface area contributed by atoms with Crippen molar-refractivity contribution in [2.45, 2.75) is 39.4 Å². The summed E-state index contributed by atoms with van der Waals surface area (Å²) in [4.78, 5) is 4.55.